The number of hydrogen-bond donors (Lipinski definition) is 1. The minimum atomic E-state index is 0.288. The van der Waals surface area contributed by atoms with Crippen LogP contribution in [0.4, 0.5) is 5.69 Å². The fraction of sp³-hybridized carbons (Fsp3) is 0.231. The van der Waals surface area contributed by atoms with Crippen molar-refractivity contribution in [1.29, 1.82) is 0 Å². The van der Waals surface area contributed by atoms with E-state index in [1.807, 2.05) is 32.0 Å². The van der Waals surface area contributed by atoms with Gasteiger partial charge in [0.2, 0.25) is 6.79 Å². The van der Waals surface area contributed by atoms with E-state index in [1.54, 1.807) is 6.21 Å². The van der Waals surface area contributed by atoms with E-state index in [4.69, 9.17) is 9.47 Å². The van der Waals surface area contributed by atoms with Crippen molar-refractivity contribution in [2.24, 2.45) is 4.99 Å². The summed E-state index contributed by atoms with van der Waals surface area (Å²) in [6.45, 7) is 4.16. The predicted octanol–water partition coefficient (Wildman–Crippen LogP) is 2.51. The van der Waals surface area contributed by atoms with Crippen LogP contribution >= 0.6 is 0 Å². The van der Waals surface area contributed by atoms with E-state index in [1.165, 1.54) is 0 Å². The summed E-state index contributed by atoms with van der Waals surface area (Å²) in [5, 5.41) is 7.01. The molecule has 3 rings (SSSR count). The van der Waals surface area contributed by atoms with Crippen LogP contribution in [0.5, 0.6) is 11.5 Å². The van der Waals surface area contributed by atoms with Crippen molar-refractivity contribution in [3.63, 3.8) is 0 Å². The number of nitrogens with one attached hydrogen (secondary N) is 1. The fourth-order valence-electron chi connectivity index (χ4n) is 1.87. The minimum absolute atomic E-state index is 0.288. The molecule has 0 aliphatic carbocycles. The van der Waals surface area contributed by atoms with E-state index in [0.29, 0.717) is 0 Å². The second-order valence-electron chi connectivity index (χ2n) is 4.15. The molecule has 1 aliphatic heterocycles. The topological polar surface area (TPSA) is 59.5 Å². The summed E-state index contributed by atoms with van der Waals surface area (Å²) >= 11 is 0. The van der Waals surface area contributed by atoms with Gasteiger partial charge in [-0.15, -0.1) is 0 Å². The number of aliphatic imine (C=N–C) groups is 1. The predicted molar refractivity (Wildman–Crippen MR) is 67.9 cm³/mol. The highest BCUT2D eigenvalue weighted by molar-refractivity contribution is 5.83. The van der Waals surface area contributed by atoms with Crippen molar-refractivity contribution < 1.29 is 9.47 Å². The zero-order valence-electron chi connectivity index (χ0n) is 10.2. The Morgan fingerprint density at radius 1 is 1.28 bits per heavy atom. The van der Waals surface area contributed by atoms with Crippen LogP contribution in [0.25, 0.3) is 0 Å². The third-order valence-electron chi connectivity index (χ3n) is 2.83. The molecule has 18 heavy (non-hydrogen) atoms. The summed E-state index contributed by atoms with van der Waals surface area (Å²) in [6.07, 6.45) is 1.80. The molecule has 0 saturated carbocycles. The molecule has 1 aromatic carbocycles. The molecular weight excluding hydrogens is 230 g/mol. The van der Waals surface area contributed by atoms with Crippen molar-refractivity contribution in [3.05, 3.63) is 35.2 Å². The Balaban J connectivity index is 1.89. The Kier molecular flexibility index (Phi) is 2.51. The number of rotatable bonds is 2. The molecule has 0 atom stereocenters. The first-order valence-electron chi connectivity index (χ1n) is 5.69. The van der Waals surface area contributed by atoms with Crippen LogP contribution in [0, 0.1) is 13.8 Å². The molecule has 2 aromatic rings. The maximum absolute atomic E-state index is 5.32. The van der Waals surface area contributed by atoms with Gasteiger partial charge in [0.1, 0.15) is 5.69 Å². The van der Waals surface area contributed by atoms with E-state index in [9.17, 15) is 0 Å². The maximum atomic E-state index is 5.32. The molecule has 0 fully saturated rings. The van der Waals surface area contributed by atoms with Gasteiger partial charge in [0.25, 0.3) is 0 Å². The molecule has 1 aliphatic rings. The van der Waals surface area contributed by atoms with Crippen LogP contribution in [0.1, 0.15) is 17.0 Å². The minimum Gasteiger partial charge on any atom is -0.454 e. The van der Waals surface area contributed by atoms with Crippen LogP contribution in [0.2, 0.25) is 0 Å². The van der Waals surface area contributed by atoms with Crippen LogP contribution < -0.4 is 9.47 Å². The van der Waals surface area contributed by atoms with E-state index in [-0.39, 0.29) is 6.79 Å². The van der Waals surface area contributed by atoms with Crippen molar-refractivity contribution in [1.82, 2.24) is 10.2 Å². The van der Waals surface area contributed by atoms with Gasteiger partial charge in [0.05, 0.1) is 11.4 Å². The maximum Gasteiger partial charge on any atom is 0.231 e. The first-order chi connectivity index (χ1) is 8.74. The number of aryl methyl sites for hydroxylation is 2. The van der Waals surface area contributed by atoms with Gasteiger partial charge >= 0.3 is 0 Å². The number of ether oxygens (including phenoxy) is 2. The van der Waals surface area contributed by atoms with Crippen LogP contribution in [-0.4, -0.2) is 23.2 Å². The molecule has 0 bridgehead atoms. The molecule has 5 nitrogen and oxygen atoms in total. The number of fused-ring (bicyclic) bond motifs is 1. The Labute approximate surface area is 104 Å². The van der Waals surface area contributed by atoms with Gasteiger partial charge in [0.15, 0.2) is 11.5 Å². The molecule has 92 valence electrons. The molecule has 0 spiro atoms. The molecule has 2 heterocycles. The second kappa shape index (κ2) is 4.18. The summed E-state index contributed by atoms with van der Waals surface area (Å²) in [4.78, 5) is 4.45. The molecule has 0 saturated heterocycles. The number of aromatic nitrogens is 2. The van der Waals surface area contributed by atoms with Crippen molar-refractivity contribution in [3.8, 4) is 11.5 Å². The number of aromatic amines is 1. The van der Waals surface area contributed by atoms with Gasteiger partial charge in [0, 0.05) is 6.21 Å². The molecule has 1 aromatic heterocycles. The van der Waals surface area contributed by atoms with Crippen molar-refractivity contribution in [2.75, 3.05) is 6.79 Å². The largest absolute Gasteiger partial charge is 0.454 e. The smallest absolute Gasteiger partial charge is 0.231 e. The van der Waals surface area contributed by atoms with Gasteiger partial charge in [-0.25, -0.2) is 0 Å². The molecule has 1 N–H and O–H groups in total. The third-order valence-corrected chi connectivity index (χ3v) is 2.83. The van der Waals surface area contributed by atoms with Gasteiger partial charge in [-0.1, -0.05) is 0 Å². The summed E-state index contributed by atoms with van der Waals surface area (Å²) in [7, 11) is 0. The SMILES string of the molecule is Cc1n[nH]c(C)c1N=Cc1ccc2c(c1)OCO2. The fourth-order valence-corrected chi connectivity index (χ4v) is 1.87. The Hall–Kier alpha value is -2.30. The van der Waals surface area contributed by atoms with E-state index < -0.39 is 0 Å². The summed E-state index contributed by atoms with van der Waals surface area (Å²) in [5.74, 6) is 1.54. The van der Waals surface area contributed by atoms with Gasteiger partial charge in [-0.3, -0.25) is 10.1 Å². The number of nitrogens with zero attached hydrogens (tertiary/aromatic N) is 2. The lowest BCUT2D eigenvalue weighted by Gasteiger charge is -1.97. The molecular formula is C13H13N3O2. The highest BCUT2D eigenvalue weighted by Gasteiger charge is 2.12. The normalized spacial score (nSPS) is 13.4. The zero-order chi connectivity index (χ0) is 12.5. The average Bonchev–Trinajstić information content (AvgIpc) is 2.94. The first kappa shape index (κ1) is 10.8. The standard InChI is InChI=1S/C13H13N3O2/c1-8-13(9(2)16-15-8)14-6-10-3-4-11-12(5-10)18-7-17-11/h3-6H,7H2,1-2H3,(H,15,16). The van der Waals surface area contributed by atoms with Crippen LogP contribution in [-0.2, 0) is 0 Å². The third kappa shape index (κ3) is 1.84. The highest BCUT2D eigenvalue weighted by atomic mass is 16.7. The average molecular weight is 243 g/mol. The number of benzene rings is 1. The summed E-state index contributed by atoms with van der Waals surface area (Å²) in [5.41, 5.74) is 3.71. The van der Waals surface area contributed by atoms with E-state index in [0.717, 1.165) is 34.1 Å². The molecule has 5 heteroatoms. The lowest BCUT2D eigenvalue weighted by atomic mass is 10.2. The lowest BCUT2D eigenvalue weighted by Crippen LogP contribution is -1.92. The molecule has 0 radical (unpaired) electrons. The van der Waals surface area contributed by atoms with Gasteiger partial charge in [-0.05, 0) is 37.6 Å². The molecule has 0 unspecified atom stereocenters. The van der Waals surface area contributed by atoms with E-state index in [2.05, 4.69) is 15.2 Å². The van der Waals surface area contributed by atoms with Gasteiger partial charge in [-0.2, -0.15) is 5.10 Å². The Morgan fingerprint density at radius 2 is 2.11 bits per heavy atom. The van der Waals surface area contributed by atoms with Crippen LogP contribution in [0.3, 0.4) is 0 Å². The van der Waals surface area contributed by atoms with Crippen molar-refractivity contribution in [2.45, 2.75) is 13.8 Å². The number of hydrogen-bond acceptors (Lipinski definition) is 4. The second-order valence-corrected chi connectivity index (χ2v) is 4.15. The van der Waals surface area contributed by atoms with Gasteiger partial charge < -0.3 is 9.47 Å². The highest BCUT2D eigenvalue weighted by Crippen LogP contribution is 2.32. The Bertz CT molecular complexity index is 597. The zero-order valence-corrected chi connectivity index (χ0v) is 10.2. The first-order valence-corrected chi connectivity index (χ1v) is 5.69. The van der Waals surface area contributed by atoms with Crippen LogP contribution in [0.15, 0.2) is 23.2 Å². The van der Waals surface area contributed by atoms with E-state index >= 15 is 0 Å². The summed E-state index contributed by atoms with van der Waals surface area (Å²) < 4.78 is 10.6. The Morgan fingerprint density at radius 3 is 2.89 bits per heavy atom. The number of H-pyrrole nitrogens is 1. The lowest BCUT2D eigenvalue weighted by molar-refractivity contribution is 0.174. The quantitative estimate of drug-likeness (QED) is 0.824. The summed E-state index contributed by atoms with van der Waals surface area (Å²) in [6, 6.07) is 5.75. The molecule has 0 amide bonds. The monoisotopic (exact) mass is 243 g/mol. The van der Waals surface area contributed by atoms with Crippen molar-refractivity contribution >= 4 is 11.9 Å².